The third-order valence-electron chi connectivity index (χ3n) is 2.96. The maximum atomic E-state index is 11.9. The molecular weight excluding hydrogens is 264 g/mol. The van der Waals surface area contributed by atoms with Crippen LogP contribution in [0, 0.1) is 0 Å². The molecule has 0 atom stereocenters. The minimum atomic E-state index is -0.234. The Morgan fingerprint density at radius 2 is 1.67 bits per heavy atom. The molecule has 0 saturated carbocycles. The van der Waals surface area contributed by atoms with E-state index in [-0.39, 0.29) is 5.91 Å². The van der Waals surface area contributed by atoms with Crippen LogP contribution < -0.4 is 5.48 Å². The number of amides is 1. The highest BCUT2D eigenvalue weighted by molar-refractivity contribution is 5.93. The average Bonchev–Trinajstić information content (AvgIpc) is 2.48. The first kappa shape index (κ1) is 15.2. The van der Waals surface area contributed by atoms with Crippen LogP contribution in [0.4, 0.5) is 0 Å². The van der Waals surface area contributed by atoms with Gasteiger partial charge in [-0.3, -0.25) is 9.63 Å². The van der Waals surface area contributed by atoms with Gasteiger partial charge in [-0.05, 0) is 37.4 Å². The molecule has 2 aromatic rings. The van der Waals surface area contributed by atoms with Crippen molar-refractivity contribution in [2.24, 2.45) is 0 Å². The minimum absolute atomic E-state index is 0.234. The van der Waals surface area contributed by atoms with Crippen molar-refractivity contribution in [1.29, 1.82) is 0 Å². The van der Waals surface area contributed by atoms with E-state index in [0.717, 1.165) is 12.1 Å². The van der Waals surface area contributed by atoms with Gasteiger partial charge in [0.05, 0.1) is 6.61 Å². The number of benzene rings is 2. The molecule has 0 aliphatic rings. The molecule has 0 fully saturated rings. The summed E-state index contributed by atoms with van der Waals surface area (Å²) in [6.07, 6.45) is 0. The highest BCUT2D eigenvalue weighted by atomic mass is 16.6. The van der Waals surface area contributed by atoms with Crippen LogP contribution in [0.25, 0.3) is 0 Å². The van der Waals surface area contributed by atoms with Crippen molar-refractivity contribution < 1.29 is 9.63 Å². The van der Waals surface area contributed by atoms with E-state index in [1.807, 2.05) is 56.6 Å². The van der Waals surface area contributed by atoms with Gasteiger partial charge in [-0.25, -0.2) is 5.48 Å². The predicted octanol–water partition coefficient (Wildman–Crippen LogP) is 2.61. The molecule has 0 radical (unpaired) electrons. The lowest BCUT2D eigenvalue weighted by molar-refractivity contribution is 0.0233. The maximum absolute atomic E-state index is 11.9. The summed E-state index contributed by atoms with van der Waals surface area (Å²) in [7, 11) is 4.02. The van der Waals surface area contributed by atoms with Crippen molar-refractivity contribution in [3.8, 4) is 0 Å². The second kappa shape index (κ2) is 7.57. The topological polar surface area (TPSA) is 41.6 Å². The maximum Gasteiger partial charge on any atom is 0.274 e. The highest BCUT2D eigenvalue weighted by Gasteiger charge is 2.05. The first-order valence-corrected chi connectivity index (χ1v) is 6.85. The predicted molar refractivity (Wildman–Crippen MR) is 82.5 cm³/mol. The SMILES string of the molecule is CN(C)Cc1ccc(C(=O)NOCc2ccccc2)cc1. The molecular formula is C17H20N2O2. The Balaban J connectivity index is 1.83. The molecule has 1 N–H and O–H groups in total. The second-order valence-corrected chi connectivity index (χ2v) is 5.14. The molecule has 0 heterocycles. The molecule has 1 amide bonds. The van der Waals surface area contributed by atoms with Gasteiger partial charge in [-0.1, -0.05) is 42.5 Å². The molecule has 0 aliphatic heterocycles. The van der Waals surface area contributed by atoms with Gasteiger partial charge in [0.25, 0.3) is 5.91 Å². The van der Waals surface area contributed by atoms with Crippen LogP contribution >= 0.6 is 0 Å². The van der Waals surface area contributed by atoms with Crippen molar-refractivity contribution in [3.05, 3.63) is 71.3 Å². The quantitative estimate of drug-likeness (QED) is 0.829. The van der Waals surface area contributed by atoms with Crippen molar-refractivity contribution in [2.45, 2.75) is 13.2 Å². The number of nitrogens with one attached hydrogen (secondary N) is 1. The molecule has 4 nitrogen and oxygen atoms in total. The zero-order valence-electron chi connectivity index (χ0n) is 12.4. The number of nitrogens with zero attached hydrogens (tertiary/aromatic N) is 1. The molecule has 2 aromatic carbocycles. The summed E-state index contributed by atoms with van der Waals surface area (Å²) in [5.41, 5.74) is 5.23. The summed E-state index contributed by atoms with van der Waals surface area (Å²) in [6, 6.07) is 17.2. The number of carbonyl (C=O) groups excluding carboxylic acids is 1. The van der Waals surface area contributed by atoms with E-state index >= 15 is 0 Å². The van der Waals surface area contributed by atoms with Crippen LogP contribution in [0.2, 0.25) is 0 Å². The van der Waals surface area contributed by atoms with E-state index in [1.165, 1.54) is 5.56 Å². The van der Waals surface area contributed by atoms with E-state index in [4.69, 9.17) is 4.84 Å². The molecule has 2 rings (SSSR count). The monoisotopic (exact) mass is 284 g/mol. The smallest absolute Gasteiger partial charge is 0.274 e. The zero-order chi connectivity index (χ0) is 15.1. The summed E-state index contributed by atoms with van der Waals surface area (Å²) < 4.78 is 0. The summed E-state index contributed by atoms with van der Waals surface area (Å²) in [4.78, 5) is 19.2. The number of hydrogen-bond acceptors (Lipinski definition) is 3. The molecule has 0 bridgehead atoms. The lowest BCUT2D eigenvalue weighted by atomic mass is 10.1. The molecule has 0 aromatic heterocycles. The van der Waals surface area contributed by atoms with Crippen LogP contribution in [0.15, 0.2) is 54.6 Å². The number of hydrogen-bond donors (Lipinski definition) is 1. The first-order valence-electron chi connectivity index (χ1n) is 6.85. The zero-order valence-corrected chi connectivity index (χ0v) is 12.4. The van der Waals surface area contributed by atoms with Gasteiger partial charge < -0.3 is 4.90 Å². The van der Waals surface area contributed by atoms with Gasteiger partial charge in [-0.15, -0.1) is 0 Å². The van der Waals surface area contributed by atoms with Crippen molar-refractivity contribution in [2.75, 3.05) is 14.1 Å². The lowest BCUT2D eigenvalue weighted by Gasteiger charge is -2.10. The van der Waals surface area contributed by atoms with Crippen LogP contribution in [0.3, 0.4) is 0 Å². The highest BCUT2D eigenvalue weighted by Crippen LogP contribution is 2.06. The molecule has 4 heteroatoms. The average molecular weight is 284 g/mol. The van der Waals surface area contributed by atoms with E-state index in [0.29, 0.717) is 12.2 Å². The molecule has 0 saturated heterocycles. The second-order valence-electron chi connectivity index (χ2n) is 5.14. The Kier molecular flexibility index (Phi) is 5.49. The summed E-state index contributed by atoms with van der Waals surface area (Å²) in [6.45, 7) is 1.21. The van der Waals surface area contributed by atoms with E-state index in [1.54, 1.807) is 12.1 Å². The fourth-order valence-corrected chi connectivity index (χ4v) is 1.94. The van der Waals surface area contributed by atoms with E-state index in [2.05, 4.69) is 10.4 Å². The third-order valence-corrected chi connectivity index (χ3v) is 2.96. The Hall–Kier alpha value is -2.17. The van der Waals surface area contributed by atoms with Gasteiger partial charge in [0.15, 0.2) is 0 Å². The first-order chi connectivity index (χ1) is 10.1. The van der Waals surface area contributed by atoms with Gasteiger partial charge in [-0.2, -0.15) is 0 Å². The van der Waals surface area contributed by atoms with Gasteiger partial charge in [0, 0.05) is 12.1 Å². The standard InChI is InChI=1S/C17H20N2O2/c1-19(2)12-14-8-10-16(11-9-14)17(20)18-21-13-15-6-4-3-5-7-15/h3-11H,12-13H2,1-2H3,(H,18,20). The Bertz CT molecular complexity index is 565. The van der Waals surface area contributed by atoms with Crippen molar-refractivity contribution >= 4 is 5.91 Å². The van der Waals surface area contributed by atoms with E-state index in [9.17, 15) is 4.79 Å². The van der Waals surface area contributed by atoms with Crippen LogP contribution in [0.1, 0.15) is 21.5 Å². The third kappa shape index (κ3) is 5.02. The molecule has 0 spiro atoms. The Labute approximate surface area is 125 Å². The van der Waals surface area contributed by atoms with E-state index < -0.39 is 0 Å². The number of hydroxylamine groups is 1. The molecule has 0 unspecified atom stereocenters. The number of carbonyl (C=O) groups is 1. The minimum Gasteiger partial charge on any atom is -0.305 e. The van der Waals surface area contributed by atoms with Gasteiger partial charge in [0.1, 0.15) is 0 Å². The fraction of sp³-hybridized carbons (Fsp3) is 0.235. The van der Waals surface area contributed by atoms with Crippen LogP contribution in [-0.2, 0) is 18.0 Å². The Morgan fingerprint density at radius 1 is 1.00 bits per heavy atom. The molecule has 110 valence electrons. The summed E-state index contributed by atoms with van der Waals surface area (Å²) in [5.74, 6) is -0.234. The molecule has 21 heavy (non-hydrogen) atoms. The summed E-state index contributed by atoms with van der Waals surface area (Å²) >= 11 is 0. The van der Waals surface area contributed by atoms with Crippen molar-refractivity contribution in [1.82, 2.24) is 10.4 Å². The van der Waals surface area contributed by atoms with Crippen molar-refractivity contribution in [3.63, 3.8) is 0 Å². The number of rotatable bonds is 6. The van der Waals surface area contributed by atoms with Crippen LogP contribution in [-0.4, -0.2) is 24.9 Å². The normalized spacial score (nSPS) is 10.6. The summed E-state index contributed by atoms with van der Waals surface area (Å²) in [5, 5.41) is 0. The van der Waals surface area contributed by atoms with Gasteiger partial charge >= 0.3 is 0 Å². The lowest BCUT2D eigenvalue weighted by Crippen LogP contribution is -2.23. The largest absolute Gasteiger partial charge is 0.305 e. The Morgan fingerprint density at radius 3 is 2.29 bits per heavy atom. The molecule has 0 aliphatic carbocycles. The van der Waals surface area contributed by atoms with Gasteiger partial charge in [0.2, 0.25) is 0 Å². The fourth-order valence-electron chi connectivity index (χ4n) is 1.94. The van der Waals surface area contributed by atoms with Crippen LogP contribution in [0.5, 0.6) is 0 Å².